The van der Waals surface area contributed by atoms with Gasteiger partial charge in [-0.3, -0.25) is 5.41 Å². The molecular formula is C11H15NO. The summed E-state index contributed by atoms with van der Waals surface area (Å²) in [6, 6.07) is 7.92. The number of aryl methyl sites for hydroxylation is 1. The van der Waals surface area contributed by atoms with Crippen LogP contribution in [0.25, 0.3) is 0 Å². The Kier molecular flexibility index (Phi) is 3.50. The molecule has 0 spiro atoms. The fourth-order valence-electron chi connectivity index (χ4n) is 1.12. The van der Waals surface area contributed by atoms with Gasteiger partial charge in [0.05, 0.1) is 6.61 Å². The molecule has 70 valence electrons. The van der Waals surface area contributed by atoms with Crippen molar-refractivity contribution in [1.82, 2.24) is 0 Å². The first-order valence-corrected chi connectivity index (χ1v) is 4.58. The first-order valence-electron chi connectivity index (χ1n) is 4.58. The zero-order valence-corrected chi connectivity index (χ0v) is 8.13. The lowest BCUT2D eigenvalue weighted by Gasteiger charge is -2.04. The fourth-order valence-corrected chi connectivity index (χ4v) is 1.12. The van der Waals surface area contributed by atoms with E-state index in [0.717, 1.165) is 12.0 Å². The number of nitrogens with one attached hydrogen (secondary N) is 1. The minimum absolute atomic E-state index is 0.255. The Bertz CT molecular complexity index is 277. The van der Waals surface area contributed by atoms with E-state index in [-0.39, 0.29) is 5.90 Å². The Hall–Kier alpha value is -1.31. The monoisotopic (exact) mass is 177 g/mol. The second-order valence-corrected chi connectivity index (χ2v) is 2.81. The Labute approximate surface area is 79.1 Å². The fraction of sp³-hybridized carbons (Fsp3) is 0.364. The highest BCUT2D eigenvalue weighted by Gasteiger charge is 2.00. The van der Waals surface area contributed by atoms with Crippen molar-refractivity contribution in [3.8, 4) is 0 Å². The second kappa shape index (κ2) is 4.65. The topological polar surface area (TPSA) is 33.1 Å². The lowest BCUT2D eigenvalue weighted by Crippen LogP contribution is -2.04. The standard InChI is InChI=1S/C11H15NO/c1-3-9-5-7-10(8-6-9)11(12)13-4-2/h5-8,12H,3-4H2,1-2H3. The van der Waals surface area contributed by atoms with Crippen LogP contribution in [0.3, 0.4) is 0 Å². The van der Waals surface area contributed by atoms with Crippen LogP contribution in [0.4, 0.5) is 0 Å². The van der Waals surface area contributed by atoms with Crippen LogP contribution in [0.5, 0.6) is 0 Å². The quantitative estimate of drug-likeness (QED) is 0.558. The summed E-state index contributed by atoms with van der Waals surface area (Å²) in [6.45, 7) is 4.55. The van der Waals surface area contributed by atoms with Gasteiger partial charge in [0.25, 0.3) is 0 Å². The highest BCUT2D eigenvalue weighted by molar-refractivity contribution is 5.91. The number of hydrogen-bond donors (Lipinski definition) is 1. The van der Waals surface area contributed by atoms with Gasteiger partial charge in [-0.15, -0.1) is 0 Å². The second-order valence-electron chi connectivity index (χ2n) is 2.81. The summed E-state index contributed by atoms with van der Waals surface area (Å²) < 4.78 is 5.08. The zero-order chi connectivity index (χ0) is 9.68. The maximum atomic E-state index is 7.54. The maximum absolute atomic E-state index is 7.54. The van der Waals surface area contributed by atoms with Crippen molar-refractivity contribution in [2.24, 2.45) is 0 Å². The molecule has 0 fully saturated rings. The van der Waals surface area contributed by atoms with E-state index in [4.69, 9.17) is 10.1 Å². The smallest absolute Gasteiger partial charge is 0.213 e. The molecule has 0 saturated carbocycles. The normalized spacial score (nSPS) is 9.69. The number of hydrogen-bond acceptors (Lipinski definition) is 2. The van der Waals surface area contributed by atoms with Gasteiger partial charge in [-0.05, 0) is 31.0 Å². The van der Waals surface area contributed by atoms with Crippen molar-refractivity contribution in [2.45, 2.75) is 20.3 Å². The van der Waals surface area contributed by atoms with E-state index >= 15 is 0 Å². The Balaban J connectivity index is 2.74. The lowest BCUT2D eigenvalue weighted by atomic mass is 10.1. The van der Waals surface area contributed by atoms with Gasteiger partial charge in [0.15, 0.2) is 0 Å². The minimum atomic E-state index is 0.255. The molecule has 0 aliphatic heterocycles. The van der Waals surface area contributed by atoms with Crippen molar-refractivity contribution >= 4 is 5.90 Å². The van der Waals surface area contributed by atoms with Crippen LogP contribution in [0, 0.1) is 5.41 Å². The van der Waals surface area contributed by atoms with Crippen LogP contribution in [0.15, 0.2) is 24.3 Å². The van der Waals surface area contributed by atoms with Gasteiger partial charge < -0.3 is 4.74 Å². The van der Waals surface area contributed by atoms with E-state index in [2.05, 4.69) is 6.92 Å². The molecule has 1 aromatic carbocycles. The van der Waals surface area contributed by atoms with Crippen LogP contribution in [0.2, 0.25) is 0 Å². The molecule has 0 radical (unpaired) electrons. The van der Waals surface area contributed by atoms with E-state index in [9.17, 15) is 0 Å². The molecule has 0 bridgehead atoms. The van der Waals surface area contributed by atoms with Gasteiger partial charge >= 0.3 is 0 Å². The van der Waals surface area contributed by atoms with Crippen LogP contribution < -0.4 is 0 Å². The molecule has 1 aromatic rings. The van der Waals surface area contributed by atoms with Crippen molar-refractivity contribution < 1.29 is 4.74 Å². The van der Waals surface area contributed by atoms with E-state index in [1.807, 2.05) is 31.2 Å². The van der Waals surface area contributed by atoms with Gasteiger partial charge in [0.1, 0.15) is 0 Å². The summed E-state index contributed by atoms with van der Waals surface area (Å²) in [5, 5.41) is 7.54. The Morgan fingerprint density at radius 1 is 1.23 bits per heavy atom. The van der Waals surface area contributed by atoms with E-state index < -0.39 is 0 Å². The predicted octanol–water partition coefficient (Wildman–Crippen LogP) is 2.61. The van der Waals surface area contributed by atoms with E-state index in [1.54, 1.807) is 0 Å². The molecule has 0 saturated heterocycles. The van der Waals surface area contributed by atoms with Gasteiger partial charge in [-0.2, -0.15) is 0 Å². The van der Waals surface area contributed by atoms with E-state index in [0.29, 0.717) is 6.61 Å². The average molecular weight is 177 g/mol. The highest BCUT2D eigenvalue weighted by Crippen LogP contribution is 2.06. The SMILES string of the molecule is CCOC(=N)c1ccc(CC)cc1. The summed E-state index contributed by atoms with van der Waals surface area (Å²) in [5.41, 5.74) is 2.13. The van der Waals surface area contributed by atoms with Crippen molar-refractivity contribution in [2.75, 3.05) is 6.61 Å². The van der Waals surface area contributed by atoms with Gasteiger partial charge in [0.2, 0.25) is 5.90 Å². The van der Waals surface area contributed by atoms with Gasteiger partial charge in [-0.25, -0.2) is 0 Å². The highest BCUT2D eigenvalue weighted by atomic mass is 16.5. The molecule has 0 amide bonds. The number of rotatable bonds is 3. The largest absolute Gasteiger partial charge is 0.478 e. The Morgan fingerprint density at radius 2 is 1.85 bits per heavy atom. The third-order valence-electron chi connectivity index (χ3n) is 1.91. The molecule has 13 heavy (non-hydrogen) atoms. The molecule has 2 nitrogen and oxygen atoms in total. The summed E-state index contributed by atoms with van der Waals surface area (Å²) in [5.74, 6) is 0.255. The zero-order valence-electron chi connectivity index (χ0n) is 8.13. The maximum Gasteiger partial charge on any atom is 0.213 e. The van der Waals surface area contributed by atoms with Crippen LogP contribution >= 0.6 is 0 Å². The first kappa shape index (κ1) is 9.78. The number of ether oxygens (including phenoxy) is 1. The molecular weight excluding hydrogens is 162 g/mol. The summed E-state index contributed by atoms with van der Waals surface area (Å²) in [7, 11) is 0. The molecule has 0 unspecified atom stereocenters. The molecule has 2 heteroatoms. The number of benzene rings is 1. The van der Waals surface area contributed by atoms with Gasteiger partial charge in [0, 0.05) is 5.56 Å². The molecule has 1 rings (SSSR count). The van der Waals surface area contributed by atoms with Crippen LogP contribution in [-0.4, -0.2) is 12.5 Å². The third kappa shape index (κ3) is 2.58. The summed E-state index contributed by atoms with van der Waals surface area (Å²) in [4.78, 5) is 0. The predicted molar refractivity (Wildman–Crippen MR) is 54.3 cm³/mol. The molecule has 0 heterocycles. The molecule has 0 atom stereocenters. The van der Waals surface area contributed by atoms with Crippen LogP contribution in [0.1, 0.15) is 25.0 Å². The Morgan fingerprint density at radius 3 is 2.31 bits per heavy atom. The molecule has 0 aliphatic rings. The van der Waals surface area contributed by atoms with Crippen molar-refractivity contribution in [3.63, 3.8) is 0 Å². The molecule has 0 aliphatic carbocycles. The average Bonchev–Trinajstić information content (AvgIpc) is 2.18. The van der Waals surface area contributed by atoms with Crippen molar-refractivity contribution in [3.05, 3.63) is 35.4 Å². The molecule has 0 aromatic heterocycles. The third-order valence-corrected chi connectivity index (χ3v) is 1.91. The van der Waals surface area contributed by atoms with E-state index in [1.165, 1.54) is 5.56 Å². The van der Waals surface area contributed by atoms with Gasteiger partial charge in [-0.1, -0.05) is 19.1 Å². The summed E-state index contributed by atoms with van der Waals surface area (Å²) >= 11 is 0. The summed E-state index contributed by atoms with van der Waals surface area (Å²) in [6.07, 6.45) is 1.03. The minimum Gasteiger partial charge on any atom is -0.478 e. The van der Waals surface area contributed by atoms with Crippen molar-refractivity contribution in [1.29, 1.82) is 5.41 Å². The lowest BCUT2D eigenvalue weighted by molar-refractivity contribution is 0.325. The molecule has 1 N–H and O–H groups in total. The first-order chi connectivity index (χ1) is 6.27. The van der Waals surface area contributed by atoms with Crippen LogP contribution in [-0.2, 0) is 11.2 Å².